The molecule has 27 heavy (non-hydrogen) atoms. The van der Waals surface area contributed by atoms with Crippen molar-refractivity contribution in [2.45, 2.75) is 11.8 Å². The van der Waals surface area contributed by atoms with Gasteiger partial charge in [0.2, 0.25) is 10.0 Å². The topological polar surface area (TPSA) is 87.7 Å². The lowest BCUT2D eigenvalue weighted by molar-refractivity contribution is 0.0730. The van der Waals surface area contributed by atoms with Gasteiger partial charge in [0.15, 0.2) is 0 Å². The number of carbonyl (C=O) groups is 1. The minimum atomic E-state index is -3.64. The molecule has 2 aromatic carbocycles. The Labute approximate surface area is 159 Å². The van der Waals surface area contributed by atoms with Crippen LogP contribution >= 0.6 is 0 Å². The predicted octanol–water partition coefficient (Wildman–Crippen LogP) is 2.39. The minimum Gasteiger partial charge on any atom is -0.384 e. The largest absolute Gasteiger partial charge is 0.384 e. The number of carbonyl (C=O) groups excluding carboxylic acids is 1. The second kappa shape index (κ2) is 8.51. The number of benzene rings is 2. The molecule has 0 spiro atoms. The summed E-state index contributed by atoms with van der Waals surface area (Å²) in [7, 11) is -3.64. The number of hydrogen-bond acceptors (Lipinski definition) is 5. The number of sulfonamides is 1. The first-order chi connectivity index (χ1) is 13.0. The van der Waals surface area contributed by atoms with Crippen molar-refractivity contribution in [2.75, 3.05) is 43.5 Å². The number of anilines is 2. The Morgan fingerprint density at radius 1 is 1.07 bits per heavy atom. The highest BCUT2D eigenvalue weighted by Gasteiger charge is 2.27. The van der Waals surface area contributed by atoms with E-state index in [2.05, 4.69) is 10.6 Å². The summed E-state index contributed by atoms with van der Waals surface area (Å²) in [6, 6.07) is 13.5. The highest BCUT2D eigenvalue weighted by atomic mass is 32.2. The fourth-order valence-corrected chi connectivity index (χ4v) is 4.29. The zero-order valence-corrected chi connectivity index (χ0v) is 16.0. The van der Waals surface area contributed by atoms with Crippen molar-refractivity contribution in [1.29, 1.82) is 0 Å². The molecule has 1 aliphatic heterocycles. The third-order valence-corrected chi connectivity index (χ3v) is 6.14. The van der Waals surface area contributed by atoms with Gasteiger partial charge in [-0.15, -0.1) is 0 Å². The van der Waals surface area contributed by atoms with E-state index in [1.165, 1.54) is 10.4 Å². The van der Waals surface area contributed by atoms with Crippen LogP contribution in [0.4, 0.5) is 11.4 Å². The summed E-state index contributed by atoms with van der Waals surface area (Å²) in [6.45, 7) is 3.98. The Bertz CT molecular complexity index is 894. The summed E-state index contributed by atoms with van der Waals surface area (Å²) in [5.74, 6) is -0.296. The van der Waals surface area contributed by atoms with Gasteiger partial charge in [-0.25, -0.2) is 8.42 Å². The van der Waals surface area contributed by atoms with Gasteiger partial charge in [-0.1, -0.05) is 18.2 Å². The van der Waals surface area contributed by atoms with E-state index in [0.29, 0.717) is 49.8 Å². The van der Waals surface area contributed by atoms with Crippen LogP contribution in [0.2, 0.25) is 0 Å². The molecule has 7 nitrogen and oxygen atoms in total. The first kappa shape index (κ1) is 19.3. The summed E-state index contributed by atoms with van der Waals surface area (Å²) >= 11 is 0. The van der Waals surface area contributed by atoms with Crippen molar-refractivity contribution >= 4 is 27.3 Å². The molecule has 0 aliphatic carbocycles. The van der Waals surface area contributed by atoms with Gasteiger partial charge in [-0.3, -0.25) is 4.79 Å². The average Bonchev–Trinajstić information content (AvgIpc) is 2.70. The first-order valence-corrected chi connectivity index (χ1v) is 10.3. The molecule has 1 aliphatic rings. The molecule has 0 saturated carbocycles. The van der Waals surface area contributed by atoms with Crippen molar-refractivity contribution in [3.05, 3.63) is 54.1 Å². The van der Waals surface area contributed by atoms with Crippen molar-refractivity contribution in [1.82, 2.24) is 4.31 Å². The van der Waals surface area contributed by atoms with Gasteiger partial charge in [-0.2, -0.15) is 4.31 Å². The Hall–Kier alpha value is -2.42. The molecule has 0 bridgehead atoms. The molecule has 2 N–H and O–H groups in total. The number of nitrogens with one attached hydrogen (secondary N) is 2. The molecule has 0 aromatic heterocycles. The highest BCUT2D eigenvalue weighted by molar-refractivity contribution is 7.89. The van der Waals surface area contributed by atoms with E-state index in [4.69, 9.17) is 4.74 Å². The standard InChI is InChI=1S/C19H23N3O4S/c1-2-20-17-9-8-16(27(24,25)22-10-12-26-13-11-22)14-18(17)21-19(23)15-6-4-3-5-7-15/h3-9,14,20H,2,10-13H2,1H3,(H,21,23). The van der Waals surface area contributed by atoms with Gasteiger partial charge in [0, 0.05) is 25.2 Å². The number of amides is 1. The molecular formula is C19H23N3O4S. The quantitative estimate of drug-likeness (QED) is 0.792. The highest BCUT2D eigenvalue weighted by Crippen LogP contribution is 2.28. The number of ether oxygens (including phenoxy) is 1. The maximum atomic E-state index is 12.9. The molecule has 1 amide bonds. The summed E-state index contributed by atoms with van der Waals surface area (Å²) < 4.78 is 32.4. The zero-order valence-electron chi connectivity index (χ0n) is 15.1. The van der Waals surface area contributed by atoms with E-state index in [0.717, 1.165) is 0 Å². The van der Waals surface area contributed by atoms with E-state index in [1.807, 2.05) is 13.0 Å². The van der Waals surface area contributed by atoms with Crippen LogP contribution in [0.5, 0.6) is 0 Å². The average molecular weight is 389 g/mol. The third kappa shape index (κ3) is 4.47. The number of morpholine rings is 1. The number of rotatable bonds is 6. The van der Waals surface area contributed by atoms with Crippen LogP contribution in [0.25, 0.3) is 0 Å². The van der Waals surface area contributed by atoms with Crippen molar-refractivity contribution in [3.63, 3.8) is 0 Å². The number of hydrogen-bond donors (Lipinski definition) is 2. The molecule has 1 heterocycles. The van der Waals surface area contributed by atoms with Gasteiger partial charge in [0.25, 0.3) is 5.91 Å². The molecule has 2 aromatic rings. The van der Waals surface area contributed by atoms with Gasteiger partial charge in [0.05, 0.1) is 29.5 Å². The Kier molecular flexibility index (Phi) is 6.10. The minimum absolute atomic E-state index is 0.148. The fourth-order valence-electron chi connectivity index (χ4n) is 2.85. The molecule has 0 unspecified atom stereocenters. The van der Waals surface area contributed by atoms with Crippen LogP contribution in [0.15, 0.2) is 53.4 Å². The molecule has 0 radical (unpaired) electrons. The summed E-state index contributed by atoms with van der Waals surface area (Å²) in [6.07, 6.45) is 0. The van der Waals surface area contributed by atoms with E-state index < -0.39 is 10.0 Å². The van der Waals surface area contributed by atoms with Gasteiger partial charge in [-0.05, 0) is 37.3 Å². The molecule has 144 valence electrons. The lowest BCUT2D eigenvalue weighted by Crippen LogP contribution is -2.40. The molecule has 8 heteroatoms. The smallest absolute Gasteiger partial charge is 0.255 e. The maximum Gasteiger partial charge on any atom is 0.255 e. The molecule has 3 rings (SSSR count). The van der Waals surface area contributed by atoms with E-state index >= 15 is 0 Å². The van der Waals surface area contributed by atoms with Crippen LogP contribution < -0.4 is 10.6 Å². The van der Waals surface area contributed by atoms with Gasteiger partial charge >= 0.3 is 0 Å². The van der Waals surface area contributed by atoms with Crippen LogP contribution in [-0.2, 0) is 14.8 Å². The third-order valence-electron chi connectivity index (χ3n) is 4.25. The van der Waals surface area contributed by atoms with Crippen molar-refractivity contribution < 1.29 is 17.9 Å². The Morgan fingerprint density at radius 2 is 1.78 bits per heavy atom. The van der Waals surface area contributed by atoms with E-state index in [-0.39, 0.29) is 10.8 Å². The van der Waals surface area contributed by atoms with Crippen molar-refractivity contribution in [2.24, 2.45) is 0 Å². The molecule has 0 atom stereocenters. The van der Waals surface area contributed by atoms with Crippen molar-refractivity contribution in [3.8, 4) is 0 Å². The van der Waals surface area contributed by atoms with Gasteiger partial charge in [0.1, 0.15) is 0 Å². The summed E-state index contributed by atoms with van der Waals surface area (Å²) in [4.78, 5) is 12.7. The van der Waals surface area contributed by atoms with Gasteiger partial charge < -0.3 is 15.4 Å². The van der Waals surface area contributed by atoms with Crippen LogP contribution in [0.1, 0.15) is 17.3 Å². The Morgan fingerprint density at radius 3 is 2.44 bits per heavy atom. The summed E-state index contributed by atoms with van der Waals surface area (Å²) in [5, 5.41) is 5.97. The predicted molar refractivity (Wildman–Crippen MR) is 105 cm³/mol. The van der Waals surface area contributed by atoms with E-state index in [9.17, 15) is 13.2 Å². The molecular weight excluding hydrogens is 366 g/mol. The lowest BCUT2D eigenvalue weighted by Gasteiger charge is -2.26. The first-order valence-electron chi connectivity index (χ1n) is 8.84. The van der Waals surface area contributed by atoms with Crippen LogP contribution in [0, 0.1) is 0 Å². The summed E-state index contributed by atoms with van der Waals surface area (Å²) in [5.41, 5.74) is 1.60. The molecule has 1 saturated heterocycles. The monoisotopic (exact) mass is 389 g/mol. The fraction of sp³-hybridized carbons (Fsp3) is 0.316. The Balaban J connectivity index is 1.91. The molecule has 1 fully saturated rings. The van der Waals surface area contributed by atoms with Crippen LogP contribution in [-0.4, -0.2) is 51.5 Å². The van der Waals surface area contributed by atoms with E-state index in [1.54, 1.807) is 36.4 Å². The normalized spacial score (nSPS) is 15.3. The van der Waals surface area contributed by atoms with Crippen LogP contribution in [0.3, 0.4) is 0 Å². The SMILES string of the molecule is CCNc1ccc(S(=O)(=O)N2CCOCC2)cc1NC(=O)c1ccccc1. The maximum absolute atomic E-state index is 12.9. The second-order valence-electron chi connectivity index (χ2n) is 6.07. The zero-order chi connectivity index (χ0) is 19.3. The number of nitrogens with zero attached hydrogens (tertiary/aromatic N) is 1. The lowest BCUT2D eigenvalue weighted by atomic mass is 10.2. The second-order valence-corrected chi connectivity index (χ2v) is 8.01.